The molecule has 3 N–H and O–H groups in total. The zero-order valence-electron chi connectivity index (χ0n) is 19.3. The van der Waals surface area contributed by atoms with Crippen LogP contribution in [-0.2, 0) is 6.54 Å². The highest BCUT2D eigenvalue weighted by molar-refractivity contribution is 7.13. The largest absolute Gasteiger partial charge is 0.382 e. The van der Waals surface area contributed by atoms with E-state index in [1.165, 1.54) is 29.8 Å². The van der Waals surface area contributed by atoms with Crippen LogP contribution in [0.1, 0.15) is 27.5 Å². The van der Waals surface area contributed by atoms with Crippen LogP contribution in [0.5, 0.6) is 0 Å². The van der Waals surface area contributed by atoms with E-state index in [0.717, 1.165) is 28.2 Å². The number of rotatable bonds is 6. The lowest BCUT2D eigenvalue weighted by atomic mass is 10.0. The van der Waals surface area contributed by atoms with Crippen LogP contribution in [0.15, 0.2) is 35.5 Å². The van der Waals surface area contributed by atoms with Gasteiger partial charge in [0, 0.05) is 25.2 Å². The number of piperidine rings is 1. The van der Waals surface area contributed by atoms with E-state index in [1.54, 1.807) is 16.8 Å². The fourth-order valence-electron chi connectivity index (χ4n) is 4.36. The second kappa shape index (κ2) is 9.60. The molecule has 0 radical (unpaired) electrons. The Morgan fingerprint density at radius 3 is 2.92 bits per heavy atom. The number of fused-ring (bicyclic) bond motifs is 1. The molecule has 1 fully saturated rings. The molecular formula is C22H23F2N9O2S. The summed E-state index contributed by atoms with van der Waals surface area (Å²) in [6.45, 7) is 2.26. The summed E-state index contributed by atoms with van der Waals surface area (Å²) in [5, 5.41) is 12.3. The number of carbonyl (C=O) groups excluding carboxylic acids is 1. The van der Waals surface area contributed by atoms with E-state index >= 15 is 0 Å². The van der Waals surface area contributed by atoms with Gasteiger partial charge in [-0.25, -0.2) is 27.9 Å². The summed E-state index contributed by atoms with van der Waals surface area (Å²) in [6.07, 6.45) is 1.77. The maximum absolute atomic E-state index is 12.9. The normalized spacial score (nSPS) is 16.1. The lowest BCUT2D eigenvalue weighted by molar-refractivity contribution is 0.0937. The van der Waals surface area contributed by atoms with Crippen molar-refractivity contribution >= 4 is 34.3 Å². The zero-order valence-corrected chi connectivity index (χ0v) is 20.1. The predicted octanol–water partition coefficient (Wildman–Crippen LogP) is 1.96. The molecule has 0 saturated carbocycles. The summed E-state index contributed by atoms with van der Waals surface area (Å²) in [5.41, 5.74) is 7.62. The molecule has 1 amide bonds. The molecule has 1 saturated heterocycles. The lowest BCUT2D eigenvalue weighted by Gasteiger charge is -2.34. The topological polar surface area (TPSA) is 136 Å². The molecular weight excluding hydrogens is 492 g/mol. The standard InChI is InChI=1S/C22H23F2N9O2S/c1-12-26-8-17(36-12)22(35)29-13-3-2-6-31(9-13)16-7-15(33-20(16)21(25)27-11-28-33)14-4-5-19(34)32(30-14)10-18(23)24/h4-5,7-8,11,13,18H,2-3,6,9-10H2,1H3,(H,29,35)(H2,25,27,28)/t13-/m1/s1. The Morgan fingerprint density at radius 1 is 1.33 bits per heavy atom. The van der Waals surface area contributed by atoms with E-state index in [4.69, 9.17) is 5.73 Å². The van der Waals surface area contributed by atoms with Gasteiger partial charge in [-0.3, -0.25) is 9.59 Å². The number of alkyl halides is 2. The summed E-state index contributed by atoms with van der Waals surface area (Å²) < 4.78 is 28.2. The SMILES string of the molecule is Cc1ncc(C(=O)N[C@@H]2CCCN(c3cc(-c4ccc(=O)n(CC(F)F)n4)n4ncnc(N)c34)C2)s1. The van der Waals surface area contributed by atoms with Crippen molar-refractivity contribution in [1.29, 1.82) is 0 Å². The molecule has 5 rings (SSSR count). The van der Waals surface area contributed by atoms with Gasteiger partial charge in [-0.1, -0.05) is 0 Å². The fourth-order valence-corrected chi connectivity index (χ4v) is 5.04. The molecule has 1 aliphatic rings. The summed E-state index contributed by atoms with van der Waals surface area (Å²) in [4.78, 5) is 35.6. The van der Waals surface area contributed by atoms with Crippen LogP contribution < -0.4 is 21.5 Å². The summed E-state index contributed by atoms with van der Waals surface area (Å²) in [7, 11) is 0. The van der Waals surface area contributed by atoms with E-state index in [0.29, 0.717) is 29.2 Å². The number of nitrogen functional groups attached to an aromatic ring is 1. The maximum atomic E-state index is 12.9. The van der Waals surface area contributed by atoms with Crippen LogP contribution in [0.4, 0.5) is 20.3 Å². The molecule has 4 aromatic rings. The number of nitrogens with zero attached hydrogens (tertiary/aromatic N) is 7. The molecule has 1 atom stereocenters. The average molecular weight is 516 g/mol. The minimum atomic E-state index is -2.72. The Balaban J connectivity index is 1.48. The third kappa shape index (κ3) is 4.63. The first kappa shape index (κ1) is 23.8. The van der Waals surface area contributed by atoms with Gasteiger partial charge in [0.2, 0.25) is 0 Å². The van der Waals surface area contributed by atoms with Gasteiger partial charge in [-0.2, -0.15) is 10.2 Å². The van der Waals surface area contributed by atoms with Crippen molar-refractivity contribution in [2.75, 3.05) is 23.7 Å². The number of aromatic nitrogens is 6. The van der Waals surface area contributed by atoms with Crippen LogP contribution in [-0.4, -0.2) is 60.8 Å². The minimum absolute atomic E-state index is 0.107. The van der Waals surface area contributed by atoms with Gasteiger partial charge >= 0.3 is 0 Å². The number of amides is 1. The van der Waals surface area contributed by atoms with Gasteiger partial charge in [-0.15, -0.1) is 11.3 Å². The Morgan fingerprint density at radius 2 is 2.17 bits per heavy atom. The molecule has 188 valence electrons. The smallest absolute Gasteiger partial charge is 0.266 e. The van der Waals surface area contributed by atoms with Crippen LogP contribution >= 0.6 is 11.3 Å². The van der Waals surface area contributed by atoms with Crippen molar-refractivity contribution in [3.63, 3.8) is 0 Å². The number of carbonyl (C=O) groups is 1. The molecule has 0 spiro atoms. The van der Waals surface area contributed by atoms with E-state index < -0.39 is 18.5 Å². The highest BCUT2D eigenvalue weighted by atomic mass is 32.1. The highest BCUT2D eigenvalue weighted by Gasteiger charge is 2.27. The Hall–Kier alpha value is -3.94. The molecule has 0 unspecified atom stereocenters. The number of thiazole rings is 1. The van der Waals surface area contributed by atoms with E-state index in [1.807, 2.05) is 6.92 Å². The van der Waals surface area contributed by atoms with Gasteiger partial charge in [0.05, 0.1) is 22.6 Å². The number of hydrogen-bond donors (Lipinski definition) is 2. The van der Waals surface area contributed by atoms with Gasteiger partial charge < -0.3 is 16.0 Å². The third-order valence-corrected chi connectivity index (χ3v) is 6.86. The average Bonchev–Trinajstić information content (AvgIpc) is 3.45. The van der Waals surface area contributed by atoms with Crippen molar-refractivity contribution in [1.82, 2.24) is 34.7 Å². The summed E-state index contributed by atoms with van der Waals surface area (Å²) in [6, 6.07) is 4.35. The maximum Gasteiger partial charge on any atom is 0.266 e. The summed E-state index contributed by atoms with van der Waals surface area (Å²) >= 11 is 1.34. The first-order valence-corrected chi connectivity index (χ1v) is 12.1. The predicted molar refractivity (Wildman–Crippen MR) is 130 cm³/mol. The molecule has 11 nitrogen and oxygen atoms in total. The van der Waals surface area contributed by atoms with E-state index in [-0.39, 0.29) is 23.5 Å². The number of hydrogen-bond acceptors (Lipinski definition) is 9. The molecule has 5 heterocycles. The lowest BCUT2D eigenvalue weighted by Crippen LogP contribution is -2.47. The van der Waals surface area contributed by atoms with Crippen molar-refractivity contribution in [3.8, 4) is 11.4 Å². The Kier molecular flexibility index (Phi) is 6.35. The minimum Gasteiger partial charge on any atom is -0.382 e. The zero-order chi connectivity index (χ0) is 25.4. The van der Waals surface area contributed by atoms with E-state index in [9.17, 15) is 18.4 Å². The number of nitrogens with two attached hydrogens (primary N) is 1. The van der Waals surface area contributed by atoms with Crippen LogP contribution in [0.3, 0.4) is 0 Å². The number of halogens is 2. The molecule has 1 aliphatic heterocycles. The molecule has 14 heteroatoms. The van der Waals surface area contributed by atoms with Gasteiger partial charge in [0.15, 0.2) is 5.82 Å². The van der Waals surface area contributed by atoms with Crippen LogP contribution in [0.25, 0.3) is 16.9 Å². The molecule has 4 aromatic heterocycles. The van der Waals surface area contributed by atoms with Crippen molar-refractivity contribution in [3.05, 3.63) is 51.0 Å². The molecule has 0 aliphatic carbocycles. The molecule has 0 bridgehead atoms. The first-order chi connectivity index (χ1) is 17.3. The second-order valence-corrected chi connectivity index (χ2v) is 9.69. The molecule has 0 aromatic carbocycles. The Labute approximate surface area is 207 Å². The van der Waals surface area contributed by atoms with Crippen LogP contribution in [0, 0.1) is 6.92 Å². The van der Waals surface area contributed by atoms with Gasteiger partial charge in [0.25, 0.3) is 17.9 Å². The van der Waals surface area contributed by atoms with Crippen molar-refractivity contribution < 1.29 is 13.6 Å². The van der Waals surface area contributed by atoms with E-state index in [2.05, 4.69) is 30.4 Å². The molecule has 36 heavy (non-hydrogen) atoms. The Bertz CT molecular complexity index is 1480. The van der Waals surface area contributed by atoms with Gasteiger partial charge in [-0.05, 0) is 31.9 Å². The summed E-state index contributed by atoms with van der Waals surface area (Å²) in [5.74, 6) is 0.0710. The highest BCUT2D eigenvalue weighted by Crippen LogP contribution is 2.34. The van der Waals surface area contributed by atoms with Gasteiger partial charge in [0.1, 0.15) is 29.0 Å². The first-order valence-electron chi connectivity index (χ1n) is 11.3. The number of anilines is 2. The second-order valence-electron chi connectivity index (χ2n) is 8.45. The van der Waals surface area contributed by atoms with Crippen molar-refractivity contribution in [2.24, 2.45) is 0 Å². The van der Waals surface area contributed by atoms with Crippen molar-refractivity contribution in [2.45, 2.75) is 38.8 Å². The number of nitrogens with one attached hydrogen (secondary N) is 1. The quantitative estimate of drug-likeness (QED) is 0.398. The third-order valence-electron chi connectivity index (χ3n) is 5.94. The fraction of sp³-hybridized carbons (Fsp3) is 0.364. The number of aryl methyl sites for hydroxylation is 1. The monoisotopic (exact) mass is 515 g/mol. The van der Waals surface area contributed by atoms with Crippen LogP contribution in [0.2, 0.25) is 0 Å².